The van der Waals surface area contributed by atoms with Crippen LogP contribution < -0.4 is 20.3 Å². The normalized spacial score (nSPS) is 13.6. The van der Waals surface area contributed by atoms with Crippen molar-refractivity contribution in [1.29, 1.82) is 0 Å². The van der Waals surface area contributed by atoms with Crippen LogP contribution >= 0.6 is 0 Å². The van der Waals surface area contributed by atoms with Crippen LogP contribution in [0.2, 0.25) is 0 Å². The summed E-state index contributed by atoms with van der Waals surface area (Å²) in [6.07, 6.45) is 3.62. The largest absolute Gasteiger partial charge is 0.493 e. The van der Waals surface area contributed by atoms with Crippen LogP contribution in [0.4, 0.5) is 23.1 Å². The fraction of sp³-hybridized carbons (Fsp3) is 0.269. The van der Waals surface area contributed by atoms with E-state index in [1.54, 1.807) is 19.2 Å². The van der Waals surface area contributed by atoms with E-state index in [0.717, 1.165) is 41.6 Å². The molecule has 4 aromatic rings. The number of amides is 1. The number of carbonyl (C=O) groups excluding carboxylic acids is 1. The Morgan fingerprint density at radius 3 is 2.53 bits per heavy atom. The summed E-state index contributed by atoms with van der Waals surface area (Å²) in [6.45, 7) is 3.97. The molecule has 2 aromatic carbocycles. The van der Waals surface area contributed by atoms with Gasteiger partial charge in [-0.2, -0.15) is 4.98 Å². The van der Waals surface area contributed by atoms with E-state index >= 15 is 0 Å². The first-order valence-electron chi connectivity index (χ1n) is 11.4. The molecule has 1 aliphatic heterocycles. The minimum absolute atomic E-state index is 0.225. The van der Waals surface area contributed by atoms with Crippen molar-refractivity contribution in [3.8, 4) is 5.75 Å². The molecule has 8 nitrogen and oxygen atoms in total. The topological polar surface area (TPSA) is 92.5 Å². The lowest BCUT2D eigenvalue weighted by molar-refractivity contribution is 0.0998. The predicted molar refractivity (Wildman–Crippen MR) is 133 cm³/mol. The molecule has 2 aromatic heterocycles. The van der Waals surface area contributed by atoms with Crippen LogP contribution in [0.5, 0.6) is 5.75 Å². The minimum Gasteiger partial charge on any atom is -0.493 e. The number of hydrogen-bond acceptors (Lipinski definition) is 7. The maximum absolute atomic E-state index is 12.7. The summed E-state index contributed by atoms with van der Waals surface area (Å²) in [6, 6.07) is 16.6. The lowest BCUT2D eigenvalue weighted by atomic mass is 10.1. The van der Waals surface area contributed by atoms with Crippen LogP contribution in [-0.4, -0.2) is 36.1 Å². The minimum atomic E-state index is -0.323. The van der Waals surface area contributed by atoms with Gasteiger partial charge in [-0.05, 0) is 62.6 Å². The molecule has 1 aliphatic rings. The number of para-hydroxylation sites is 1. The van der Waals surface area contributed by atoms with Crippen molar-refractivity contribution in [1.82, 2.24) is 9.97 Å². The summed E-state index contributed by atoms with van der Waals surface area (Å²) >= 11 is 0. The van der Waals surface area contributed by atoms with E-state index in [9.17, 15) is 4.79 Å². The molecular weight excluding hydrogens is 430 g/mol. The Labute approximate surface area is 198 Å². The highest BCUT2D eigenvalue weighted by molar-refractivity contribution is 6.05. The summed E-state index contributed by atoms with van der Waals surface area (Å²) < 4.78 is 11.0. The standard InChI is InChI=1S/C26H27N5O3/c1-17-15-23(30-26(27-17)31-13-4-3-5-14-31)28-19-9-11-20(12-10-19)29-25(32)22-16-18-7-6-8-21(33-2)24(18)34-22/h6-12,15-16H,3-5,13-14H2,1-2H3,(H,29,32)(H,27,28,30). The third kappa shape index (κ3) is 4.66. The van der Waals surface area contributed by atoms with Gasteiger partial charge in [-0.1, -0.05) is 12.1 Å². The average Bonchev–Trinajstić information content (AvgIpc) is 3.30. The van der Waals surface area contributed by atoms with Crippen LogP contribution in [0.25, 0.3) is 11.0 Å². The quantitative estimate of drug-likeness (QED) is 0.393. The highest BCUT2D eigenvalue weighted by Gasteiger charge is 2.16. The number of aromatic nitrogens is 2. The Bertz CT molecular complexity index is 1310. The van der Waals surface area contributed by atoms with Crippen molar-refractivity contribution >= 4 is 40.0 Å². The van der Waals surface area contributed by atoms with E-state index in [0.29, 0.717) is 17.0 Å². The van der Waals surface area contributed by atoms with Crippen molar-refractivity contribution in [3.05, 3.63) is 66.1 Å². The number of ether oxygens (including phenoxy) is 1. The highest BCUT2D eigenvalue weighted by atomic mass is 16.5. The van der Waals surface area contributed by atoms with E-state index in [-0.39, 0.29) is 11.7 Å². The number of methoxy groups -OCH3 is 1. The molecule has 2 N–H and O–H groups in total. The number of furan rings is 1. The monoisotopic (exact) mass is 457 g/mol. The van der Waals surface area contributed by atoms with Gasteiger partial charge in [-0.25, -0.2) is 4.98 Å². The van der Waals surface area contributed by atoms with Crippen LogP contribution in [0.15, 0.2) is 59.0 Å². The summed E-state index contributed by atoms with van der Waals surface area (Å²) in [7, 11) is 1.57. The SMILES string of the molecule is COc1cccc2cc(C(=O)Nc3ccc(Nc4cc(C)nc(N5CCCCC5)n4)cc3)oc12. The molecule has 174 valence electrons. The lowest BCUT2D eigenvalue weighted by Gasteiger charge is -2.27. The van der Waals surface area contributed by atoms with Gasteiger partial charge in [0, 0.05) is 41.6 Å². The van der Waals surface area contributed by atoms with Gasteiger partial charge in [-0.15, -0.1) is 0 Å². The van der Waals surface area contributed by atoms with Crippen LogP contribution in [0.1, 0.15) is 35.5 Å². The number of benzene rings is 2. The van der Waals surface area contributed by atoms with Gasteiger partial charge in [0.25, 0.3) is 5.91 Å². The van der Waals surface area contributed by atoms with Gasteiger partial charge in [0.05, 0.1) is 7.11 Å². The Morgan fingerprint density at radius 2 is 1.76 bits per heavy atom. The molecule has 34 heavy (non-hydrogen) atoms. The van der Waals surface area contributed by atoms with Crippen molar-refractivity contribution in [2.75, 3.05) is 35.7 Å². The first-order valence-corrected chi connectivity index (χ1v) is 11.4. The fourth-order valence-electron chi connectivity index (χ4n) is 4.14. The molecule has 0 spiro atoms. The Morgan fingerprint density at radius 1 is 1.00 bits per heavy atom. The second-order valence-corrected chi connectivity index (χ2v) is 8.39. The van der Waals surface area contributed by atoms with Crippen LogP contribution in [0.3, 0.4) is 0 Å². The third-order valence-corrected chi connectivity index (χ3v) is 5.85. The zero-order valence-corrected chi connectivity index (χ0v) is 19.3. The van der Waals surface area contributed by atoms with E-state index in [4.69, 9.17) is 14.1 Å². The van der Waals surface area contributed by atoms with Gasteiger partial charge in [0.15, 0.2) is 17.1 Å². The summed E-state index contributed by atoms with van der Waals surface area (Å²) in [5, 5.41) is 7.03. The molecule has 0 radical (unpaired) electrons. The predicted octanol–water partition coefficient (Wildman–Crippen LogP) is 5.53. The first-order chi connectivity index (χ1) is 16.6. The number of nitrogens with one attached hydrogen (secondary N) is 2. The van der Waals surface area contributed by atoms with Gasteiger partial charge < -0.3 is 24.7 Å². The first kappa shape index (κ1) is 21.8. The van der Waals surface area contributed by atoms with Crippen molar-refractivity contribution in [2.45, 2.75) is 26.2 Å². The Balaban J connectivity index is 1.27. The number of fused-ring (bicyclic) bond motifs is 1. The second-order valence-electron chi connectivity index (χ2n) is 8.39. The molecule has 3 heterocycles. The van der Waals surface area contributed by atoms with Crippen molar-refractivity contribution in [3.63, 3.8) is 0 Å². The smallest absolute Gasteiger partial charge is 0.291 e. The van der Waals surface area contributed by atoms with Gasteiger partial charge in [-0.3, -0.25) is 4.79 Å². The number of rotatable bonds is 6. The van der Waals surface area contributed by atoms with E-state index in [1.165, 1.54) is 19.3 Å². The number of piperidine rings is 1. The fourth-order valence-corrected chi connectivity index (χ4v) is 4.14. The number of anilines is 4. The summed E-state index contributed by atoms with van der Waals surface area (Å²) in [5.41, 5.74) is 3.01. The lowest BCUT2D eigenvalue weighted by Crippen LogP contribution is -2.31. The average molecular weight is 458 g/mol. The molecule has 8 heteroatoms. The molecule has 0 saturated carbocycles. The summed E-state index contributed by atoms with van der Waals surface area (Å²) in [5.74, 6) is 2.02. The van der Waals surface area contributed by atoms with Crippen LogP contribution in [0, 0.1) is 6.92 Å². The molecule has 0 unspecified atom stereocenters. The van der Waals surface area contributed by atoms with E-state index in [2.05, 4.69) is 20.5 Å². The molecule has 0 bridgehead atoms. The highest BCUT2D eigenvalue weighted by Crippen LogP contribution is 2.29. The molecule has 0 aliphatic carbocycles. The molecular formula is C26H27N5O3. The zero-order chi connectivity index (χ0) is 23.5. The van der Waals surface area contributed by atoms with E-state index < -0.39 is 0 Å². The molecule has 1 amide bonds. The van der Waals surface area contributed by atoms with Gasteiger partial charge >= 0.3 is 0 Å². The van der Waals surface area contributed by atoms with Crippen molar-refractivity contribution in [2.24, 2.45) is 0 Å². The van der Waals surface area contributed by atoms with Gasteiger partial charge in [0.1, 0.15) is 5.82 Å². The maximum atomic E-state index is 12.7. The number of aryl methyl sites for hydroxylation is 1. The number of carbonyl (C=O) groups is 1. The van der Waals surface area contributed by atoms with Crippen LogP contribution in [-0.2, 0) is 0 Å². The molecule has 1 fully saturated rings. The zero-order valence-electron chi connectivity index (χ0n) is 19.3. The third-order valence-electron chi connectivity index (χ3n) is 5.85. The van der Waals surface area contributed by atoms with Gasteiger partial charge in [0.2, 0.25) is 5.95 Å². The maximum Gasteiger partial charge on any atom is 0.291 e. The Kier molecular flexibility index (Phi) is 6.03. The molecule has 0 atom stereocenters. The number of nitrogens with zero attached hydrogens (tertiary/aromatic N) is 3. The Hall–Kier alpha value is -4.07. The summed E-state index contributed by atoms with van der Waals surface area (Å²) in [4.78, 5) is 24.3. The van der Waals surface area contributed by atoms with E-state index in [1.807, 2.05) is 49.4 Å². The second kappa shape index (κ2) is 9.43. The molecule has 1 saturated heterocycles. The molecule has 5 rings (SSSR count). The number of hydrogen-bond donors (Lipinski definition) is 2. The van der Waals surface area contributed by atoms with Crippen molar-refractivity contribution < 1.29 is 13.9 Å².